The Bertz CT molecular complexity index is 402. The third-order valence-corrected chi connectivity index (χ3v) is 2.91. The molecule has 1 aromatic heterocycles. The summed E-state index contributed by atoms with van der Waals surface area (Å²) in [6.45, 7) is 1.88. The number of hydrogen-bond acceptors (Lipinski definition) is 4. The topological polar surface area (TPSA) is 61.6 Å². The van der Waals surface area contributed by atoms with Crippen molar-refractivity contribution in [2.24, 2.45) is 0 Å². The Kier molecular flexibility index (Phi) is 3.35. The Morgan fingerprint density at radius 2 is 2.06 bits per heavy atom. The van der Waals surface area contributed by atoms with Gasteiger partial charge in [-0.3, -0.25) is 0 Å². The number of aromatic nitrogens is 2. The molecule has 0 atom stereocenters. The van der Waals surface area contributed by atoms with Gasteiger partial charge >= 0.3 is 0 Å². The van der Waals surface area contributed by atoms with Gasteiger partial charge in [0.1, 0.15) is 11.8 Å². The molecule has 4 heteroatoms. The maximum atomic E-state index is 8.82. The lowest BCUT2D eigenvalue weighted by molar-refractivity contribution is 0.460. The van der Waals surface area contributed by atoms with Crippen molar-refractivity contribution >= 4 is 5.95 Å². The number of anilines is 1. The molecule has 1 aliphatic carbocycles. The zero-order valence-corrected chi connectivity index (χ0v) is 9.53. The van der Waals surface area contributed by atoms with E-state index in [2.05, 4.69) is 21.4 Å². The summed E-state index contributed by atoms with van der Waals surface area (Å²) >= 11 is 0. The van der Waals surface area contributed by atoms with Gasteiger partial charge in [-0.05, 0) is 25.8 Å². The molecule has 0 spiro atoms. The van der Waals surface area contributed by atoms with Gasteiger partial charge in [0.15, 0.2) is 0 Å². The number of rotatable bonds is 2. The summed E-state index contributed by atoms with van der Waals surface area (Å²) in [4.78, 5) is 8.47. The van der Waals surface area contributed by atoms with Crippen LogP contribution in [-0.2, 0) is 0 Å². The predicted molar refractivity (Wildman–Crippen MR) is 62.0 cm³/mol. The first-order valence-electron chi connectivity index (χ1n) is 5.80. The second kappa shape index (κ2) is 4.93. The Hall–Kier alpha value is -1.63. The summed E-state index contributed by atoms with van der Waals surface area (Å²) in [7, 11) is 0. The quantitative estimate of drug-likeness (QED) is 0.824. The summed E-state index contributed by atoms with van der Waals surface area (Å²) in [5, 5.41) is 12.1. The van der Waals surface area contributed by atoms with Crippen LogP contribution in [0.5, 0.6) is 0 Å². The molecular formula is C12H16N4. The van der Waals surface area contributed by atoms with E-state index in [0.29, 0.717) is 17.7 Å². The van der Waals surface area contributed by atoms with Crippen molar-refractivity contribution in [1.82, 2.24) is 9.97 Å². The first-order chi connectivity index (χ1) is 7.78. The van der Waals surface area contributed by atoms with Crippen LogP contribution in [0.4, 0.5) is 5.95 Å². The fourth-order valence-electron chi connectivity index (χ4n) is 2.12. The molecule has 0 aliphatic heterocycles. The second-order valence-corrected chi connectivity index (χ2v) is 4.31. The van der Waals surface area contributed by atoms with Gasteiger partial charge in [-0.15, -0.1) is 0 Å². The molecule has 0 saturated heterocycles. The molecule has 0 amide bonds. The molecule has 1 saturated carbocycles. The zero-order valence-electron chi connectivity index (χ0n) is 9.53. The SMILES string of the molecule is Cc1cc(C#N)nc(NC2CCCCC2)n1. The van der Waals surface area contributed by atoms with Crippen LogP contribution >= 0.6 is 0 Å². The van der Waals surface area contributed by atoms with Crippen LogP contribution in [0.25, 0.3) is 0 Å². The molecular weight excluding hydrogens is 200 g/mol. The average Bonchev–Trinajstić information content (AvgIpc) is 2.29. The Labute approximate surface area is 95.7 Å². The van der Waals surface area contributed by atoms with Crippen molar-refractivity contribution < 1.29 is 0 Å². The van der Waals surface area contributed by atoms with Gasteiger partial charge in [-0.25, -0.2) is 9.97 Å². The molecule has 0 unspecified atom stereocenters. The van der Waals surface area contributed by atoms with Crippen molar-refractivity contribution in [1.29, 1.82) is 5.26 Å². The van der Waals surface area contributed by atoms with E-state index in [9.17, 15) is 0 Å². The lowest BCUT2D eigenvalue weighted by Crippen LogP contribution is -2.23. The number of aryl methyl sites for hydroxylation is 1. The number of nitriles is 1. The third kappa shape index (κ3) is 2.69. The van der Waals surface area contributed by atoms with Crippen molar-refractivity contribution in [3.05, 3.63) is 17.5 Å². The molecule has 16 heavy (non-hydrogen) atoms. The van der Waals surface area contributed by atoms with E-state index in [-0.39, 0.29) is 0 Å². The summed E-state index contributed by atoms with van der Waals surface area (Å²) in [6, 6.07) is 4.23. The van der Waals surface area contributed by atoms with Gasteiger partial charge in [-0.1, -0.05) is 19.3 Å². The van der Waals surface area contributed by atoms with E-state index in [1.54, 1.807) is 6.07 Å². The number of hydrogen-bond donors (Lipinski definition) is 1. The van der Waals surface area contributed by atoms with Gasteiger partial charge in [0.2, 0.25) is 5.95 Å². The van der Waals surface area contributed by atoms with Crippen LogP contribution < -0.4 is 5.32 Å². The molecule has 0 aromatic carbocycles. The van der Waals surface area contributed by atoms with Crippen LogP contribution in [0.3, 0.4) is 0 Å². The molecule has 1 heterocycles. The van der Waals surface area contributed by atoms with E-state index >= 15 is 0 Å². The Morgan fingerprint density at radius 3 is 2.75 bits per heavy atom. The lowest BCUT2D eigenvalue weighted by atomic mass is 9.96. The first kappa shape index (κ1) is 10.9. The van der Waals surface area contributed by atoms with Crippen LogP contribution in [0.1, 0.15) is 43.5 Å². The van der Waals surface area contributed by atoms with E-state index in [1.807, 2.05) is 6.92 Å². The maximum absolute atomic E-state index is 8.82. The highest BCUT2D eigenvalue weighted by Gasteiger charge is 2.14. The summed E-state index contributed by atoms with van der Waals surface area (Å²) in [6.07, 6.45) is 6.23. The van der Waals surface area contributed by atoms with Gasteiger partial charge in [-0.2, -0.15) is 5.26 Å². The van der Waals surface area contributed by atoms with Crippen molar-refractivity contribution in [3.8, 4) is 6.07 Å². The number of nitrogens with one attached hydrogen (secondary N) is 1. The molecule has 1 aliphatic rings. The summed E-state index contributed by atoms with van der Waals surface area (Å²) < 4.78 is 0. The van der Waals surface area contributed by atoms with Crippen molar-refractivity contribution in [3.63, 3.8) is 0 Å². The van der Waals surface area contributed by atoms with E-state index in [1.165, 1.54) is 32.1 Å². The van der Waals surface area contributed by atoms with Crippen LogP contribution in [0, 0.1) is 18.3 Å². The van der Waals surface area contributed by atoms with Crippen LogP contribution in [0.2, 0.25) is 0 Å². The van der Waals surface area contributed by atoms with E-state index in [4.69, 9.17) is 5.26 Å². The molecule has 1 N–H and O–H groups in total. The second-order valence-electron chi connectivity index (χ2n) is 4.31. The molecule has 0 bridgehead atoms. The summed E-state index contributed by atoms with van der Waals surface area (Å²) in [5.41, 5.74) is 1.27. The van der Waals surface area contributed by atoms with Crippen molar-refractivity contribution in [2.75, 3.05) is 5.32 Å². The fourth-order valence-corrected chi connectivity index (χ4v) is 2.12. The van der Waals surface area contributed by atoms with E-state index < -0.39 is 0 Å². The molecule has 0 radical (unpaired) electrons. The Morgan fingerprint density at radius 1 is 1.31 bits per heavy atom. The first-order valence-corrected chi connectivity index (χ1v) is 5.80. The van der Waals surface area contributed by atoms with Gasteiger partial charge in [0.05, 0.1) is 0 Å². The standard InChI is InChI=1S/C12H16N4/c1-9-7-11(8-13)16-12(14-9)15-10-5-3-2-4-6-10/h7,10H,2-6H2,1H3,(H,14,15,16). The highest BCUT2D eigenvalue weighted by atomic mass is 15.1. The molecule has 84 valence electrons. The van der Waals surface area contributed by atoms with Gasteiger partial charge in [0, 0.05) is 11.7 Å². The molecule has 2 rings (SSSR count). The number of nitrogens with zero attached hydrogens (tertiary/aromatic N) is 3. The van der Waals surface area contributed by atoms with Gasteiger partial charge < -0.3 is 5.32 Å². The lowest BCUT2D eigenvalue weighted by Gasteiger charge is -2.22. The minimum absolute atomic E-state index is 0.436. The largest absolute Gasteiger partial charge is 0.351 e. The fraction of sp³-hybridized carbons (Fsp3) is 0.583. The van der Waals surface area contributed by atoms with Crippen LogP contribution in [-0.4, -0.2) is 16.0 Å². The minimum atomic E-state index is 0.436. The highest BCUT2D eigenvalue weighted by molar-refractivity contribution is 5.33. The zero-order chi connectivity index (χ0) is 11.4. The highest BCUT2D eigenvalue weighted by Crippen LogP contribution is 2.20. The monoisotopic (exact) mass is 216 g/mol. The van der Waals surface area contributed by atoms with Crippen LogP contribution in [0.15, 0.2) is 6.07 Å². The smallest absolute Gasteiger partial charge is 0.224 e. The molecule has 1 fully saturated rings. The Balaban J connectivity index is 2.08. The molecule has 1 aromatic rings. The normalized spacial score (nSPS) is 16.8. The third-order valence-electron chi connectivity index (χ3n) is 2.91. The molecule has 4 nitrogen and oxygen atoms in total. The minimum Gasteiger partial charge on any atom is -0.351 e. The average molecular weight is 216 g/mol. The van der Waals surface area contributed by atoms with E-state index in [0.717, 1.165) is 5.69 Å². The van der Waals surface area contributed by atoms with Gasteiger partial charge in [0.25, 0.3) is 0 Å². The van der Waals surface area contributed by atoms with Crippen molar-refractivity contribution in [2.45, 2.75) is 45.1 Å². The maximum Gasteiger partial charge on any atom is 0.224 e. The summed E-state index contributed by atoms with van der Waals surface area (Å²) in [5.74, 6) is 0.600. The predicted octanol–water partition coefficient (Wildman–Crippen LogP) is 2.40.